The third kappa shape index (κ3) is 5.09. The van der Waals surface area contributed by atoms with E-state index in [-0.39, 0.29) is 12.8 Å². The van der Waals surface area contributed by atoms with E-state index >= 15 is 0 Å². The van der Waals surface area contributed by atoms with Gasteiger partial charge in [0, 0.05) is 25.9 Å². The Balaban J connectivity index is 3.37. The normalized spacial score (nSPS) is 11.5. The number of ether oxygens (including phenoxy) is 3. The first-order valence-electron chi connectivity index (χ1n) is 7.23. The van der Waals surface area contributed by atoms with Crippen LogP contribution >= 0.6 is 7.60 Å². The Labute approximate surface area is 142 Å². The van der Waals surface area contributed by atoms with Crippen LogP contribution in [-0.4, -0.2) is 41.0 Å². The zero-order valence-corrected chi connectivity index (χ0v) is 15.4. The van der Waals surface area contributed by atoms with Gasteiger partial charge in [-0.1, -0.05) is 6.07 Å². The van der Waals surface area contributed by atoms with E-state index in [1.807, 2.05) is 0 Å². The minimum absolute atomic E-state index is 0.0388. The lowest BCUT2D eigenvalue weighted by Crippen LogP contribution is -2.02. The van der Waals surface area contributed by atoms with Crippen molar-refractivity contribution >= 4 is 19.6 Å². The highest BCUT2D eigenvalue weighted by atomic mass is 31.2. The van der Waals surface area contributed by atoms with Gasteiger partial charge in [0.2, 0.25) is 0 Å². The van der Waals surface area contributed by atoms with E-state index < -0.39 is 13.6 Å². The molecule has 0 aromatic heterocycles. The molecular formula is C16H23O7P. The fourth-order valence-electron chi connectivity index (χ4n) is 2.07. The molecular weight excluding hydrogens is 335 g/mol. The van der Waals surface area contributed by atoms with Crippen LogP contribution in [0.15, 0.2) is 18.2 Å². The Kier molecular flexibility index (Phi) is 7.98. The van der Waals surface area contributed by atoms with Crippen molar-refractivity contribution in [2.45, 2.75) is 13.1 Å². The lowest BCUT2D eigenvalue weighted by Gasteiger charge is -2.19. The number of hydrogen-bond acceptors (Lipinski definition) is 7. The molecule has 1 rings (SSSR count). The second-order valence-corrected chi connectivity index (χ2v) is 6.86. The van der Waals surface area contributed by atoms with Gasteiger partial charge in [-0.2, -0.15) is 0 Å². The second kappa shape index (κ2) is 9.47. The summed E-state index contributed by atoms with van der Waals surface area (Å²) in [7, 11) is 2.25. The minimum Gasteiger partial charge on any atom is -0.493 e. The first-order chi connectivity index (χ1) is 11.4. The van der Waals surface area contributed by atoms with Crippen molar-refractivity contribution in [1.29, 1.82) is 0 Å². The van der Waals surface area contributed by atoms with Crippen LogP contribution in [0.5, 0.6) is 11.5 Å². The second-order valence-electron chi connectivity index (χ2n) is 4.59. The zero-order valence-electron chi connectivity index (χ0n) is 14.5. The highest BCUT2D eigenvalue weighted by molar-refractivity contribution is 7.53. The van der Waals surface area contributed by atoms with Crippen molar-refractivity contribution in [3.63, 3.8) is 0 Å². The number of benzene rings is 1. The SMILES string of the molecule is CCOC(=O)/C=C\c1ccc(OC)c(OC)c1CP(=O)(OC)OC. The van der Waals surface area contributed by atoms with Crippen LogP contribution in [0.25, 0.3) is 6.08 Å². The molecule has 24 heavy (non-hydrogen) atoms. The van der Waals surface area contributed by atoms with E-state index in [0.717, 1.165) is 0 Å². The van der Waals surface area contributed by atoms with E-state index in [0.29, 0.717) is 22.6 Å². The van der Waals surface area contributed by atoms with Crippen LogP contribution < -0.4 is 9.47 Å². The van der Waals surface area contributed by atoms with E-state index in [9.17, 15) is 9.36 Å². The summed E-state index contributed by atoms with van der Waals surface area (Å²) in [4.78, 5) is 11.5. The molecule has 134 valence electrons. The van der Waals surface area contributed by atoms with Crippen LogP contribution in [0.3, 0.4) is 0 Å². The summed E-state index contributed by atoms with van der Waals surface area (Å²) >= 11 is 0. The van der Waals surface area contributed by atoms with Gasteiger partial charge in [0.15, 0.2) is 11.5 Å². The largest absolute Gasteiger partial charge is 0.493 e. The number of carbonyl (C=O) groups excluding carboxylic acids is 1. The topological polar surface area (TPSA) is 80.3 Å². The van der Waals surface area contributed by atoms with Crippen LogP contribution in [0, 0.1) is 0 Å². The average molecular weight is 358 g/mol. The molecule has 0 saturated carbocycles. The molecule has 0 N–H and O–H groups in total. The zero-order chi connectivity index (χ0) is 18.2. The van der Waals surface area contributed by atoms with Crippen LogP contribution in [0.1, 0.15) is 18.1 Å². The van der Waals surface area contributed by atoms with Crippen molar-refractivity contribution < 1.29 is 32.6 Å². The smallest absolute Gasteiger partial charge is 0.334 e. The molecule has 0 aliphatic rings. The summed E-state index contributed by atoms with van der Waals surface area (Å²) in [5, 5.41) is 0. The van der Waals surface area contributed by atoms with E-state index in [4.69, 9.17) is 23.3 Å². The Morgan fingerprint density at radius 1 is 1.12 bits per heavy atom. The fourth-order valence-corrected chi connectivity index (χ4v) is 3.19. The summed E-state index contributed by atoms with van der Waals surface area (Å²) in [6.07, 6.45) is 2.81. The first-order valence-corrected chi connectivity index (χ1v) is 8.96. The molecule has 1 aromatic rings. The molecule has 0 saturated heterocycles. The van der Waals surface area contributed by atoms with E-state index in [1.165, 1.54) is 34.5 Å². The quantitative estimate of drug-likeness (QED) is 0.381. The predicted octanol–water partition coefficient (Wildman–Crippen LogP) is 3.27. The Morgan fingerprint density at radius 2 is 1.79 bits per heavy atom. The highest BCUT2D eigenvalue weighted by Gasteiger charge is 2.27. The molecule has 0 heterocycles. The summed E-state index contributed by atoms with van der Waals surface area (Å²) < 4.78 is 38.1. The van der Waals surface area contributed by atoms with Crippen molar-refractivity contribution in [2.24, 2.45) is 0 Å². The van der Waals surface area contributed by atoms with E-state index in [2.05, 4.69) is 0 Å². The summed E-state index contributed by atoms with van der Waals surface area (Å²) in [6.45, 7) is 2.01. The molecule has 8 heteroatoms. The number of esters is 1. The van der Waals surface area contributed by atoms with Crippen LogP contribution in [0.2, 0.25) is 0 Å². The molecule has 0 aliphatic carbocycles. The Bertz CT molecular complexity index is 632. The standard InChI is InChI=1S/C16H23O7P/c1-6-23-15(17)10-8-12-7-9-14(19-2)16(20-3)13(12)11-24(18,21-4)22-5/h7-10H,6,11H2,1-5H3/b10-8-. The average Bonchev–Trinajstić information content (AvgIpc) is 2.60. The van der Waals surface area contributed by atoms with Gasteiger partial charge in [0.05, 0.1) is 27.0 Å². The molecule has 0 bridgehead atoms. The molecule has 0 amide bonds. The van der Waals surface area contributed by atoms with Crippen molar-refractivity contribution in [1.82, 2.24) is 0 Å². The third-order valence-corrected chi connectivity index (χ3v) is 5.09. The molecule has 0 fully saturated rings. The van der Waals surface area contributed by atoms with Gasteiger partial charge in [-0.3, -0.25) is 4.57 Å². The maximum absolute atomic E-state index is 12.5. The number of methoxy groups -OCH3 is 2. The summed E-state index contributed by atoms with van der Waals surface area (Å²) in [6, 6.07) is 3.42. The predicted molar refractivity (Wildman–Crippen MR) is 90.5 cm³/mol. The number of hydrogen-bond donors (Lipinski definition) is 0. The van der Waals surface area contributed by atoms with Gasteiger partial charge in [-0.25, -0.2) is 4.79 Å². The number of carbonyl (C=O) groups is 1. The van der Waals surface area contributed by atoms with Crippen molar-refractivity contribution in [2.75, 3.05) is 35.0 Å². The fraction of sp³-hybridized carbons (Fsp3) is 0.438. The minimum atomic E-state index is -3.35. The van der Waals surface area contributed by atoms with Gasteiger partial charge < -0.3 is 23.3 Å². The molecule has 0 unspecified atom stereocenters. The molecule has 0 radical (unpaired) electrons. The number of rotatable bonds is 9. The maximum Gasteiger partial charge on any atom is 0.334 e. The van der Waals surface area contributed by atoms with Gasteiger partial charge in [0.1, 0.15) is 0 Å². The van der Waals surface area contributed by atoms with Gasteiger partial charge >= 0.3 is 13.6 Å². The first kappa shape index (κ1) is 20.2. The maximum atomic E-state index is 12.5. The van der Waals surface area contributed by atoms with Crippen LogP contribution in [-0.2, 0) is 29.3 Å². The lowest BCUT2D eigenvalue weighted by molar-refractivity contribution is -0.137. The van der Waals surface area contributed by atoms with Crippen molar-refractivity contribution in [3.8, 4) is 11.5 Å². The Hall–Kier alpha value is -1.82. The summed E-state index contributed by atoms with van der Waals surface area (Å²) in [5.74, 6) is 0.400. The van der Waals surface area contributed by atoms with Crippen molar-refractivity contribution in [3.05, 3.63) is 29.3 Å². The van der Waals surface area contributed by atoms with Gasteiger partial charge in [-0.05, 0) is 24.6 Å². The molecule has 1 aromatic carbocycles. The van der Waals surface area contributed by atoms with Gasteiger partial charge in [-0.15, -0.1) is 0 Å². The lowest BCUT2D eigenvalue weighted by atomic mass is 10.1. The highest BCUT2D eigenvalue weighted by Crippen LogP contribution is 2.53. The molecule has 0 spiro atoms. The molecule has 7 nitrogen and oxygen atoms in total. The van der Waals surface area contributed by atoms with Gasteiger partial charge in [0.25, 0.3) is 0 Å². The molecule has 0 atom stereocenters. The van der Waals surface area contributed by atoms with Crippen LogP contribution in [0.4, 0.5) is 0 Å². The summed E-state index contributed by atoms with van der Waals surface area (Å²) in [5.41, 5.74) is 1.17. The third-order valence-electron chi connectivity index (χ3n) is 3.28. The Morgan fingerprint density at radius 3 is 2.29 bits per heavy atom. The monoisotopic (exact) mass is 358 g/mol. The molecule has 0 aliphatic heterocycles. The van der Waals surface area contributed by atoms with E-state index in [1.54, 1.807) is 25.1 Å².